The number of piperidine rings is 2. The van der Waals surface area contributed by atoms with Gasteiger partial charge in [0.1, 0.15) is 6.10 Å². The summed E-state index contributed by atoms with van der Waals surface area (Å²) in [4.78, 5) is 16.4. The number of benzene rings is 1. The van der Waals surface area contributed by atoms with Gasteiger partial charge < -0.3 is 25.1 Å². The third-order valence-electron chi connectivity index (χ3n) is 6.28. The zero-order valence-corrected chi connectivity index (χ0v) is 16.8. The fourth-order valence-electron chi connectivity index (χ4n) is 4.31. The van der Waals surface area contributed by atoms with E-state index in [0.717, 1.165) is 25.0 Å². The average molecular weight is 430 g/mol. The third kappa shape index (κ3) is 5.51. The van der Waals surface area contributed by atoms with E-state index in [0.29, 0.717) is 39.0 Å². The van der Waals surface area contributed by atoms with Gasteiger partial charge in [-0.25, -0.2) is 0 Å². The molecule has 0 radical (unpaired) electrons. The van der Waals surface area contributed by atoms with Gasteiger partial charge in [0.15, 0.2) is 0 Å². The fourth-order valence-corrected chi connectivity index (χ4v) is 4.31. The van der Waals surface area contributed by atoms with Crippen molar-refractivity contribution in [2.24, 2.45) is 0 Å². The molecule has 1 atom stereocenters. The van der Waals surface area contributed by atoms with Gasteiger partial charge in [0.2, 0.25) is 0 Å². The SMILES string of the molecule is O=C([C@H](O)Cc1cccc(C(F)(F)F)c1)N1CCC(N2CCC(O)(CO)CC2)CC1. The van der Waals surface area contributed by atoms with Crippen molar-refractivity contribution in [2.45, 2.75) is 56.0 Å². The predicted molar refractivity (Wildman–Crippen MR) is 104 cm³/mol. The summed E-state index contributed by atoms with van der Waals surface area (Å²) in [5.74, 6) is -0.459. The Morgan fingerprint density at radius 3 is 2.37 bits per heavy atom. The Hall–Kier alpha value is -1.68. The van der Waals surface area contributed by atoms with E-state index >= 15 is 0 Å². The molecule has 0 saturated carbocycles. The maximum atomic E-state index is 12.8. The Morgan fingerprint density at radius 1 is 1.17 bits per heavy atom. The average Bonchev–Trinajstić information content (AvgIpc) is 2.73. The molecular formula is C21H29F3N2O4. The lowest BCUT2D eigenvalue weighted by molar-refractivity contribution is -0.142. The van der Waals surface area contributed by atoms with E-state index in [1.807, 2.05) is 0 Å². The van der Waals surface area contributed by atoms with Crippen LogP contribution >= 0.6 is 0 Å². The second-order valence-corrected chi connectivity index (χ2v) is 8.39. The van der Waals surface area contributed by atoms with Gasteiger partial charge >= 0.3 is 6.18 Å². The summed E-state index contributed by atoms with van der Waals surface area (Å²) in [6.45, 7) is 2.09. The van der Waals surface area contributed by atoms with E-state index in [9.17, 15) is 33.3 Å². The van der Waals surface area contributed by atoms with Gasteiger partial charge in [0.05, 0.1) is 17.8 Å². The van der Waals surface area contributed by atoms with E-state index in [2.05, 4.69) is 4.90 Å². The van der Waals surface area contributed by atoms with Crippen molar-refractivity contribution in [3.63, 3.8) is 0 Å². The normalized spacial score (nSPS) is 22.1. The first-order chi connectivity index (χ1) is 14.1. The minimum atomic E-state index is -4.46. The van der Waals surface area contributed by atoms with Crippen LogP contribution in [0.15, 0.2) is 24.3 Å². The van der Waals surface area contributed by atoms with Gasteiger partial charge in [0, 0.05) is 38.6 Å². The number of rotatable bonds is 5. The van der Waals surface area contributed by atoms with Crippen LogP contribution in [0.5, 0.6) is 0 Å². The summed E-state index contributed by atoms with van der Waals surface area (Å²) in [7, 11) is 0. The van der Waals surface area contributed by atoms with E-state index in [1.54, 1.807) is 4.90 Å². The molecule has 2 aliphatic rings. The number of carbonyl (C=O) groups excluding carboxylic acids is 1. The molecule has 0 spiro atoms. The summed E-state index contributed by atoms with van der Waals surface area (Å²) in [6, 6.07) is 4.95. The minimum absolute atomic E-state index is 0.158. The molecule has 6 nitrogen and oxygen atoms in total. The van der Waals surface area contributed by atoms with Gasteiger partial charge in [0.25, 0.3) is 5.91 Å². The van der Waals surface area contributed by atoms with Crippen molar-refractivity contribution < 1.29 is 33.3 Å². The zero-order valence-electron chi connectivity index (χ0n) is 16.8. The van der Waals surface area contributed by atoms with E-state index in [1.165, 1.54) is 12.1 Å². The van der Waals surface area contributed by atoms with Crippen molar-refractivity contribution in [1.29, 1.82) is 0 Å². The molecule has 1 amide bonds. The smallest absolute Gasteiger partial charge is 0.393 e. The Kier molecular flexibility index (Phi) is 7.06. The number of nitrogens with zero attached hydrogens (tertiary/aromatic N) is 2. The van der Waals surface area contributed by atoms with Crippen LogP contribution in [-0.2, 0) is 17.4 Å². The van der Waals surface area contributed by atoms with Crippen molar-refractivity contribution in [1.82, 2.24) is 9.80 Å². The predicted octanol–water partition coefficient (Wildman–Crippen LogP) is 1.42. The van der Waals surface area contributed by atoms with Crippen LogP contribution in [0, 0.1) is 0 Å². The number of hydrogen-bond acceptors (Lipinski definition) is 5. The second-order valence-electron chi connectivity index (χ2n) is 8.39. The quantitative estimate of drug-likeness (QED) is 0.658. The molecule has 3 rings (SSSR count). The topological polar surface area (TPSA) is 84.2 Å². The van der Waals surface area contributed by atoms with Crippen molar-refractivity contribution in [2.75, 3.05) is 32.8 Å². The second kappa shape index (κ2) is 9.21. The van der Waals surface area contributed by atoms with Gasteiger partial charge in [-0.2, -0.15) is 13.2 Å². The summed E-state index contributed by atoms with van der Waals surface area (Å²) < 4.78 is 38.5. The Labute approximate surface area is 173 Å². The van der Waals surface area contributed by atoms with E-state index < -0.39 is 29.4 Å². The molecule has 3 N–H and O–H groups in total. The van der Waals surface area contributed by atoms with Crippen molar-refractivity contribution in [3.05, 3.63) is 35.4 Å². The molecule has 0 bridgehead atoms. The first kappa shape index (κ1) is 23.0. The maximum Gasteiger partial charge on any atom is 0.416 e. The molecule has 2 aliphatic heterocycles. The van der Waals surface area contributed by atoms with Crippen LogP contribution < -0.4 is 0 Å². The summed E-state index contributed by atoms with van der Waals surface area (Å²) in [5, 5.41) is 29.7. The largest absolute Gasteiger partial charge is 0.416 e. The summed E-state index contributed by atoms with van der Waals surface area (Å²) in [6.07, 6.45) is -3.50. The number of aliphatic hydroxyl groups is 3. The first-order valence-electron chi connectivity index (χ1n) is 10.3. The monoisotopic (exact) mass is 430 g/mol. The summed E-state index contributed by atoms with van der Waals surface area (Å²) in [5.41, 5.74) is -1.53. The van der Waals surface area contributed by atoms with Crippen LogP contribution in [0.25, 0.3) is 0 Å². The van der Waals surface area contributed by atoms with Crippen molar-refractivity contribution in [3.8, 4) is 0 Å². The molecule has 9 heteroatoms. The Bertz CT molecular complexity index is 727. The number of alkyl halides is 3. The highest BCUT2D eigenvalue weighted by Crippen LogP contribution is 2.30. The molecule has 30 heavy (non-hydrogen) atoms. The number of halogens is 3. The molecule has 2 saturated heterocycles. The Balaban J connectivity index is 1.49. The lowest BCUT2D eigenvalue weighted by atomic mass is 9.90. The molecular weight excluding hydrogens is 401 g/mol. The standard InChI is InChI=1S/C21H29F3N2O4/c22-21(23,24)16-3-1-2-15(12-16)13-18(28)19(29)26-8-4-17(5-9-26)25-10-6-20(30,14-27)7-11-25/h1-3,12,17-18,27-28,30H,4-11,13-14H2/t18-/m1/s1. The lowest BCUT2D eigenvalue weighted by Gasteiger charge is -2.44. The van der Waals surface area contributed by atoms with Gasteiger partial charge in [-0.1, -0.05) is 18.2 Å². The molecule has 2 fully saturated rings. The first-order valence-corrected chi connectivity index (χ1v) is 10.3. The molecule has 1 aromatic carbocycles. The molecule has 0 unspecified atom stereocenters. The maximum absolute atomic E-state index is 12.8. The van der Waals surface area contributed by atoms with Gasteiger partial charge in [-0.05, 0) is 37.3 Å². The molecule has 168 valence electrons. The number of hydrogen-bond donors (Lipinski definition) is 3. The highest BCUT2D eigenvalue weighted by Gasteiger charge is 2.36. The summed E-state index contributed by atoms with van der Waals surface area (Å²) >= 11 is 0. The van der Waals surface area contributed by atoms with Crippen LogP contribution in [-0.4, -0.2) is 81.6 Å². The van der Waals surface area contributed by atoms with Crippen LogP contribution in [0.4, 0.5) is 13.2 Å². The number of carbonyl (C=O) groups is 1. The number of likely N-dealkylation sites (tertiary alicyclic amines) is 2. The fraction of sp³-hybridized carbons (Fsp3) is 0.667. The lowest BCUT2D eigenvalue weighted by Crippen LogP contribution is -2.54. The van der Waals surface area contributed by atoms with E-state index in [-0.39, 0.29) is 24.6 Å². The van der Waals surface area contributed by atoms with Crippen molar-refractivity contribution >= 4 is 5.91 Å². The third-order valence-corrected chi connectivity index (χ3v) is 6.28. The molecule has 0 aliphatic carbocycles. The number of aliphatic hydroxyl groups excluding tert-OH is 2. The van der Waals surface area contributed by atoms with Crippen LogP contribution in [0.1, 0.15) is 36.8 Å². The minimum Gasteiger partial charge on any atom is -0.393 e. The molecule has 0 aromatic heterocycles. The molecule has 1 aromatic rings. The zero-order chi connectivity index (χ0) is 21.9. The van der Waals surface area contributed by atoms with E-state index in [4.69, 9.17) is 0 Å². The number of amides is 1. The highest BCUT2D eigenvalue weighted by atomic mass is 19.4. The van der Waals surface area contributed by atoms with Gasteiger partial charge in [-0.3, -0.25) is 4.79 Å². The molecule has 2 heterocycles. The van der Waals surface area contributed by atoms with Gasteiger partial charge in [-0.15, -0.1) is 0 Å². The Morgan fingerprint density at radius 2 is 1.80 bits per heavy atom. The van der Waals surface area contributed by atoms with Crippen LogP contribution in [0.2, 0.25) is 0 Å². The van der Waals surface area contributed by atoms with Crippen LogP contribution in [0.3, 0.4) is 0 Å². The highest BCUT2D eigenvalue weighted by molar-refractivity contribution is 5.81.